The van der Waals surface area contributed by atoms with E-state index in [0.717, 1.165) is 17.4 Å². The van der Waals surface area contributed by atoms with Gasteiger partial charge >= 0.3 is 0 Å². The second kappa shape index (κ2) is 11.9. The van der Waals surface area contributed by atoms with Gasteiger partial charge < -0.3 is 10.2 Å². The van der Waals surface area contributed by atoms with E-state index in [0.29, 0.717) is 11.3 Å². The number of nitrogens with zero attached hydrogens (tertiary/aromatic N) is 2. The van der Waals surface area contributed by atoms with Crippen LogP contribution in [0.1, 0.15) is 57.2 Å². The minimum Gasteiger partial charge on any atom is -0.350 e. The predicted octanol–water partition coefficient (Wildman–Crippen LogP) is 4.32. The highest BCUT2D eigenvalue weighted by atomic mass is 32.2. The molecule has 0 saturated heterocycles. The maximum absolute atomic E-state index is 14.4. The number of sulfonamides is 1. The minimum atomic E-state index is -3.58. The smallest absolute Gasteiger partial charge is 0.242 e. The van der Waals surface area contributed by atoms with Crippen LogP contribution in [0, 0.1) is 19.7 Å². The fraction of sp³-hybridized carbons (Fsp3) is 0.481. The molecule has 0 aliphatic heterocycles. The summed E-state index contributed by atoms with van der Waals surface area (Å²) in [4.78, 5) is 27.5. The second-order valence-corrected chi connectivity index (χ2v) is 12.2. The first-order valence-electron chi connectivity index (χ1n) is 12.0. The van der Waals surface area contributed by atoms with E-state index in [1.54, 1.807) is 25.1 Å². The van der Waals surface area contributed by atoms with Crippen LogP contribution < -0.4 is 9.62 Å². The number of hydrogen-bond acceptors (Lipinski definition) is 4. The number of carbonyl (C=O) groups is 2. The number of halogens is 1. The molecule has 9 heteroatoms. The Balaban J connectivity index is 2.24. The van der Waals surface area contributed by atoms with Gasteiger partial charge in [0.2, 0.25) is 21.8 Å². The van der Waals surface area contributed by atoms with Gasteiger partial charge in [-0.15, -0.1) is 0 Å². The van der Waals surface area contributed by atoms with Gasteiger partial charge in [0.15, 0.2) is 0 Å². The quantitative estimate of drug-likeness (QED) is 0.507. The molecule has 0 fully saturated rings. The van der Waals surface area contributed by atoms with Crippen LogP contribution in [0.5, 0.6) is 0 Å². The van der Waals surface area contributed by atoms with Gasteiger partial charge in [-0.3, -0.25) is 13.9 Å². The topological polar surface area (TPSA) is 86.8 Å². The van der Waals surface area contributed by atoms with Crippen molar-refractivity contribution in [1.29, 1.82) is 0 Å². The van der Waals surface area contributed by atoms with Gasteiger partial charge in [-0.1, -0.05) is 30.3 Å². The van der Waals surface area contributed by atoms with Crippen LogP contribution in [0.2, 0.25) is 0 Å². The number of carbonyl (C=O) groups excluding carboxylic acids is 2. The van der Waals surface area contributed by atoms with Crippen LogP contribution >= 0.6 is 0 Å². The Bertz CT molecular complexity index is 1190. The average molecular weight is 520 g/mol. The summed E-state index contributed by atoms with van der Waals surface area (Å²) in [5.41, 5.74) is 2.11. The Morgan fingerprint density at radius 3 is 2.31 bits per heavy atom. The molecule has 0 aromatic heterocycles. The van der Waals surface area contributed by atoms with E-state index in [-0.39, 0.29) is 37.7 Å². The molecule has 0 spiro atoms. The molecule has 0 aliphatic carbocycles. The molecule has 2 aromatic carbocycles. The van der Waals surface area contributed by atoms with Gasteiger partial charge in [0, 0.05) is 30.6 Å². The number of benzene rings is 2. The van der Waals surface area contributed by atoms with Gasteiger partial charge in [-0.25, -0.2) is 12.8 Å². The fourth-order valence-corrected chi connectivity index (χ4v) is 4.85. The van der Waals surface area contributed by atoms with Crippen molar-refractivity contribution in [2.75, 3.05) is 17.1 Å². The number of nitrogens with one attached hydrogen (secondary N) is 1. The zero-order chi connectivity index (χ0) is 27.3. The number of amides is 2. The molecule has 36 heavy (non-hydrogen) atoms. The molecular weight excluding hydrogens is 481 g/mol. The number of rotatable bonds is 10. The van der Waals surface area contributed by atoms with E-state index in [1.165, 1.54) is 15.3 Å². The molecular formula is C27H38FN3O4S. The fourth-order valence-electron chi connectivity index (χ4n) is 3.84. The highest BCUT2D eigenvalue weighted by Crippen LogP contribution is 2.25. The molecule has 0 saturated carbocycles. The zero-order valence-corrected chi connectivity index (χ0v) is 23.1. The normalized spacial score (nSPS) is 12.7. The Kier molecular flexibility index (Phi) is 9.65. The van der Waals surface area contributed by atoms with Crippen LogP contribution in [0.25, 0.3) is 0 Å². The van der Waals surface area contributed by atoms with E-state index in [9.17, 15) is 22.4 Å². The van der Waals surface area contributed by atoms with Crippen molar-refractivity contribution in [3.63, 3.8) is 0 Å². The summed E-state index contributed by atoms with van der Waals surface area (Å²) in [5.74, 6) is -1.17. The van der Waals surface area contributed by atoms with Crippen molar-refractivity contribution < 1.29 is 22.4 Å². The Labute approximate surface area is 214 Å². The summed E-state index contributed by atoms with van der Waals surface area (Å²) >= 11 is 0. The van der Waals surface area contributed by atoms with Crippen molar-refractivity contribution in [3.05, 3.63) is 65.0 Å². The monoisotopic (exact) mass is 519 g/mol. The Morgan fingerprint density at radius 2 is 1.72 bits per heavy atom. The third kappa shape index (κ3) is 8.33. The summed E-state index contributed by atoms with van der Waals surface area (Å²) < 4.78 is 40.8. The third-order valence-electron chi connectivity index (χ3n) is 5.75. The Morgan fingerprint density at radius 1 is 1.08 bits per heavy atom. The van der Waals surface area contributed by atoms with Crippen molar-refractivity contribution in [2.24, 2.45) is 0 Å². The van der Waals surface area contributed by atoms with Crippen LogP contribution in [-0.4, -0.2) is 49.5 Å². The molecule has 0 heterocycles. The van der Waals surface area contributed by atoms with E-state index in [1.807, 2.05) is 52.8 Å². The zero-order valence-electron chi connectivity index (χ0n) is 22.3. The van der Waals surface area contributed by atoms with Crippen LogP contribution in [0.4, 0.5) is 10.1 Å². The average Bonchev–Trinajstić information content (AvgIpc) is 2.75. The molecule has 2 amide bonds. The van der Waals surface area contributed by atoms with Crippen molar-refractivity contribution >= 4 is 27.5 Å². The largest absolute Gasteiger partial charge is 0.350 e. The molecule has 198 valence electrons. The predicted molar refractivity (Wildman–Crippen MR) is 142 cm³/mol. The molecule has 2 aromatic rings. The lowest BCUT2D eigenvalue weighted by atomic mass is 10.1. The van der Waals surface area contributed by atoms with Gasteiger partial charge in [-0.2, -0.15) is 0 Å². The first-order chi connectivity index (χ1) is 16.6. The van der Waals surface area contributed by atoms with Crippen molar-refractivity contribution in [1.82, 2.24) is 10.2 Å². The molecule has 1 atom stereocenters. The summed E-state index contributed by atoms with van der Waals surface area (Å²) in [5, 5.41) is 2.87. The standard InChI is InChI=1S/C27H38FN3O4S/c1-19-14-15-20(2)24(17-19)31(36(7,34)35)16-10-13-25(32)30(18-22-11-8-9-12-23(22)28)21(3)26(33)29-27(4,5)6/h8-9,11-12,14-15,17,21H,10,13,16,18H2,1-7H3,(H,29,33)/t21-/m0/s1. The van der Waals surface area contributed by atoms with E-state index >= 15 is 0 Å². The highest BCUT2D eigenvalue weighted by Gasteiger charge is 2.29. The number of anilines is 1. The first kappa shape index (κ1) is 29.3. The van der Waals surface area contributed by atoms with Crippen molar-refractivity contribution in [3.8, 4) is 0 Å². The highest BCUT2D eigenvalue weighted by molar-refractivity contribution is 7.92. The van der Waals surface area contributed by atoms with Crippen LogP contribution in [-0.2, 0) is 26.2 Å². The van der Waals surface area contributed by atoms with E-state index < -0.39 is 27.4 Å². The molecule has 0 bridgehead atoms. The summed E-state index contributed by atoms with van der Waals surface area (Å²) in [6.07, 6.45) is 1.37. The van der Waals surface area contributed by atoms with Crippen molar-refractivity contribution in [2.45, 2.75) is 72.5 Å². The van der Waals surface area contributed by atoms with Gasteiger partial charge in [0.1, 0.15) is 11.9 Å². The van der Waals surface area contributed by atoms with Crippen LogP contribution in [0.3, 0.4) is 0 Å². The molecule has 0 radical (unpaired) electrons. The maximum atomic E-state index is 14.4. The van der Waals surface area contributed by atoms with E-state index in [4.69, 9.17) is 0 Å². The number of aryl methyl sites for hydroxylation is 2. The second-order valence-electron chi connectivity index (χ2n) is 10.3. The molecule has 0 unspecified atom stereocenters. The van der Waals surface area contributed by atoms with Gasteiger partial charge in [0.25, 0.3) is 0 Å². The molecule has 7 nitrogen and oxygen atoms in total. The lowest BCUT2D eigenvalue weighted by Crippen LogP contribution is -2.52. The summed E-state index contributed by atoms with van der Waals surface area (Å²) in [6.45, 7) is 10.9. The first-order valence-corrected chi connectivity index (χ1v) is 13.8. The summed E-state index contributed by atoms with van der Waals surface area (Å²) in [6, 6.07) is 10.9. The SMILES string of the molecule is Cc1ccc(C)c(N(CCCC(=O)N(Cc2ccccc2F)[C@@H](C)C(=O)NC(C)(C)C)S(C)(=O)=O)c1. The third-order valence-corrected chi connectivity index (χ3v) is 6.93. The molecule has 0 aliphatic rings. The van der Waals surface area contributed by atoms with Crippen LogP contribution in [0.15, 0.2) is 42.5 Å². The number of hydrogen-bond donors (Lipinski definition) is 1. The van der Waals surface area contributed by atoms with E-state index in [2.05, 4.69) is 5.32 Å². The minimum absolute atomic E-state index is 0.00151. The van der Waals surface area contributed by atoms with Gasteiger partial charge in [-0.05, 0) is 71.2 Å². The summed E-state index contributed by atoms with van der Waals surface area (Å²) in [7, 11) is -3.58. The molecule has 1 N–H and O–H groups in total. The van der Waals surface area contributed by atoms with Gasteiger partial charge in [0.05, 0.1) is 11.9 Å². The Hall–Kier alpha value is -2.94. The maximum Gasteiger partial charge on any atom is 0.242 e. The molecule has 2 rings (SSSR count). The lowest BCUT2D eigenvalue weighted by Gasteiger charge is -2.32. The lowest BCUT2D eigenvalue weighted by molar-refractivity contribution is -0.141.